The van der Waals surface area contributed by atoms with Gasteiger partial charge < -0.3 is 10.6 Å². The summed E-state index contributed by atoms with van der Waals surface area (Å²) in [5, 5.41) is 6.47. The first-order valence-corrected chi connectivity index (χ1v) is 6.18. The van der Waals surface area contributed by atoms with Crippen molar-refractivity contribution < 1.29 is 13.2 Å². The van der Waals surface area contributed by atoms with Crippen LogP contribution in [-0.2, 0) is 6.18 Å². The van der Waals surface area contributed by atoms with E-state index in [2.05, 4.69) is 10.6 Å². The molecule has 1 heterocycles. The molecule has 0 amide bonds. The van der Waals surface area contributed by atoms with Crippen molar-refractivity contribution in [2.45, 2.75) is 25.1 Å². The predicted molar refractivity (Wildman–Crippen MR) is 66.0 cm³/mol. The van der Waals surface area contributed by atoms with Crippen LogP contribution in [0.25, 0.3) is 0 Å². The summed E-state index contributed by atoms with van der Waals surface area (Å²) in [5.74, 6) is 0. The Morgan fingerprint density at radius 2 is 2.17 bits per heavy atom. The lowest BCUT2D eigenvalue weighted by Gasteiger charge is -2.15. The van der Waals surface area contributed by atoms with Gasteiger partial charge in [0.2, 0.25) is 0 Å². The zero-order valence-electron chi connectivity index (χ0n) is 9.65. The van der Waals surface area contributed by atoms with E-state index in [-0.39, 0.29) is 5.02 Å². The third-order valence-corrected chi connectivity index (χ3v) is 3.31. The van der Waals surface area contributed by atoms with Crippen LogP contribution in [0.3, 0.4) is 0 Å². The molecule has 1 aromatic rings. The van der Waals surface area contributed by atoms with E-state index < -0.39 is 11.7 Å². The van der Waals surface area contributed by atoms with Crippen molar-refractivity contribution in [1.82, 2.24) is 5.32 Å². The largest absolute Gasteiger partial charge is 0.416 e. The van der Waals surface area contributed by atoms with Crippen molar-refractivity contribution in [3.05, 3.63) is 28.8 Å². The van der Waals surface area contributed by atoms with E-state index in [4.69, 9.17) is 11.6 Å². The summed E-state index contributed by atoms with van der Waals surface area (Å²) in [6.07, 6.45) is -2.15. The molecule has 1 atom stereocenters. The molecule has 0 radical (unpaired) electrons. The van der Waals surface area contributed by atoms with Crippen LogP contribution < -0.4 is 10.6 Å². The lowest BCUT2D eigenvalue weighted by Crippen LogP contribution is -2.29. The SMILES string of the molecule is FC(F)(F)c1ccc(NCC2CCCN2)c(Cl)c1. The number of hydrogen-bond donors (Lipinski definition) is 2. The number of halogens is 4. The summed E-state index contributed by atoms with van der Waals surface area (Å²) < 4.78 is 37.3. The van der Waals surface area contributed by atoms with Gasteiger partial charge in [0.15, 0.2) is 0 Å². The smallest absolute Gasteiger partial charge is 0.382 e. The zero-order chi connectivity index (χ0) is 13.2. The summed E-state index contributed by atoms with van der Waals surface area (Å²) >= 11 is 5.84. The highest BCUT2D eigenvalue weighted by Gasteiger charge is 2.30. The van der Waals surface area contributed by atoms with Gasteiger partial charge in [-0.05, 0) is 37.6 Å². The van der Waals surface area contributed by atoms with Gasteiger partial charge in [0.05, 0.1) is 16.3 Å². The van der Waals surface area contributed by atoms with E-state index in [0.29, 0.717) is 18.3 Å². The minimum absolute atomic E-state index is 0.0998. The van der Waals surface area contributed by atoms with E-state index in [9.17, 15) is 13.2 Å². The van der Waals surface area contributed by atoms with Crippen molar-refractivity contribution in [2.75, 3.05) is 18.4 Å². The topological polar surface area (TPSA) is 24.1 Å². The van der Waals surface area contributed by atoms with Gasteiger partial charge in [-0.2, -0.15) is 13.2 Å². The molecule has 0 aromatic heterocycles. The van der Waals surface area contributed by atoms with Crippen LogP contribution in [0.1, 0.15) is 18.4 Å². The molecule has 1 aliphatic heterocycles. The van der Waals surface area contributed by atoms with Crippen LogP contribution in [0.15, 0.2) is 18.2 Å². The third-order valence-electron chi connectivity index (χ3n) is 3.00. The van der Waals surface area contributed by atoms with Crippen LogP contribution in [0.4, 0.5) is 18.9 Å². The van der Waals surface area contributed by atoms with Crippen LogP contribution in [0.2, 0.25) is 5.02 Å². The predicted octanol–water partition coefficient (Wildman–Crippen LogP) is 3.52. The molecule has 1 unspecified atom stereocenters. The molecular weight excluding hydrogens is 265 g/mol. The Hall–Kier alpha value is -0.940. The first kappa shape index (κ1) is 13.5. The molecule has 1 aromatic carbocycles. The van der Waals surface area contributed by atoms with Crippen molar-refractivity contribution in [3.8, 4) is 0 Å². The minimum Gasteiger partial charge on any atom is -0.382 e. The lowest BCUT2D eigenvalue weighted by molar-refractivity contribution is -0.137. The highest BCUT2D eigenvalue weighted by atomic mass is 35.5. The number of benzene rings is 1. The maximum absolute atomic E-state index is 12.4. The Bertz CT molecular complexity index is 414. The average Bonchev–Trinajstić information content (AvgIpc) is 2.79. The molecule has 18 heavy (non-hydrogen) atoms. The van der Waals surface area contributed by atoms with Crippen molar-refractivity contribution >= 4 is 17.3 Å². The van der Waals surface area contributed by atoms with Crippen LogP contribution in [0.5, 0.6) is 0 Å². The van der Waals surface area contributed by atoms with Gasteiger partial charge in [0.25, 0.3) is 0 Å². The number of hydrogen-bond acceptors (Lipinski definition) is 2. The number of alkyl halides is 3. The summed E-state index contributed by atoms with van der Waals surface area (Å²) in [5.41, 5.74) is -0.185. The van der Waals surface area contributed by atoms with Gasteiger partial charge in [-0.15, -0.1) is 0 Å². The highest BCUT2D eigenvalue weighted by molar-refractivity contribution is 6.33. The number of nitrogens with one attached hydrogen (secondary N) is 2. The second kappa shape index (κ2) is 5.36. The fourth-order valence-electron chi connectivity index (χ4n) is 2.00. The van der Waals surface area contributed by atoms with Gasteiger partial charge in [-0.3, -0.25) is 0 Å². The summed E-state index contributed by atoms with van der Waals surface area (Å²) in [4.78, 5) is 0. The first-order valence-electron chi connectivity index (χ1n) is 5.81. The Balaban J connectivity index is 2.01. The van der Waals surface area contributed by atoms with Gasteiger partial charge in [-0.1, -0.05) is 11.6 Å². The minimum atomic E-state index is -4.35. The molecule has 1 aliphatic rings. The Morgan fingerprint density at radius 1 is 1.39 bits per heavy atom. The molecule has 0 spiro atoms. The quantitative estimate of drug-likeness (QED) is 0.884. The van der Waals surface area contributed by atoms with Gasteiger partial charge in [0.1, 0.15) is 0 Å². The molecule has 0 bridgehead atoms. The van der Waals surface area contributed by atoms with Crippen molar-refractivity contribution in [3.63, 3.8) is 0 Å². The fourth-order valence-corrected chi connectivity index (χ4v) is 2.25. The van der Waals surface area contributed by atoms with Gasteiger partial charge in [-0.25, -0.2) is 0 Å². The maximum Gasteiger partial charge on any atom is 0.416 e. The van der Waals surface area contributed by atoms with Crippen LogP contribution >= 0.6 is 11.6 Å². The van der Waals surface area contributed by atoms with Crippen molar-refractivity contribution in [2.24, 2.45) is 0 Å². The third kappa shape index (κ3) is 3.29. The summed E-state index contributed by atoms with van der Waals surface area (Å²) in [7, 11) is 0. The molecule has 2 rings (SSSR count). The Labute approximate surface area is 109 Å². The number of anilines is 1. The fraction of sp³-hybridized carbons (Fsp3) is 0.500. The molecular formula is C12H14ClF3N2. The Kier molecular flexibility index (Phi) is 4.02. The lowest BCUT2D eigenvalue weighted by atomic mass is 10.2. The molecule has 0 aliphatic carbocycles. The summed E-state index contributed by atoms with van der Waals surface area (Å²) in [6.45, 7) is 1.66. The second-order valence-electron chi connectivity index (χ2n) is 4.37. The Morgan fingerprint density at radius 3 is 2.72 bits per heavy atom. The van der Waals surface area contributed by atoms with Crippen LogP contribution in [-0.4, -0.2) is 19.1 Å². The van der Waals surface area contributed by atoms with E-state index in [0.717, 1.165) is 31.5 Å². The molecule has 100 valence electrons. The van der Waals surface area contributed by atoms with E-state index in [1.54, 1.807) is 0 Å². The van der Waals surface area contributed by atoms with Crippen molar-refractivity contribution in [1.29, 1.82) is 0 Å². The molecule has 1 fully saturated rings. The normalized spacial score (nSPS) is 20.1. The van der Waals surface area contributed by atoms with Gasteiger partial charge >= 0.3 is 6.18 Å². The standard InChI is InChI=1S/C12H14ClF3N2/c13-10-6-8(12(14,15)16)3-4-11(10)18-7-9-2-1-5-17-9/h3-4,6,9,17-18H,1-2,5,7H2. The molecule has 2 nitrogen and oxygen atoms in total. The molecule has 2 N–H and O–H groups in total. The summed E-state index contributed by atoms with van der Waals surface area (Å²) in [6, 6.07) is 3.73. The molecule has 6 heteroatoms. The van der Waals surface area contributed by atoms with Crippen LogP contribution in [0, 0.1) is 0 Å². The zero-order valence-corrected chi connectivity index (χ0v) is 10.4. The molecule has 1 saturated heterocycles. The number of rotatable bonds is 3. The van der Waals surface area contributed by atoms with Gasteiger partial charge in [0, 0.05) is 12.6 Å². The van der Waals surface area contributed by atoms with E-state index >= 15 is 0 Å². The highest BCUT2D eigenvalue weighted by Crippen LogP contribution is 2.33. The first-order chi connectivity index (χ1) is 8.47. The van der Waals surface area contributed by atoms with E-state index in [1.165, 1.54) is 6.07 Å². The maximum atomic E-state index is 12.4. The molecule has 0 saturated carbocycles. The monoisotopic (exact) mass is 278 g/mol. The average molecular weight is 279 g/mol. The second-order valence-corrected chi connectivity index (χ2v) is 4.77. The van der Waals surface area contributed by atoms with E-state index in [1.807, 2.05) is 0 Å².